The molecule has 2 nitrogen and oxygen atoms in total. The molecule has 2 heteroatoms. The van der Waals surface area contributed by atoms with Gasteiger partial charge in [-0.3, -0.25) is 0 Å². The first kappa shape index (κ1) is 48.4. The fourth-order valence-corrected chi connectivity index (χ4v) is 11.5. The number of hydrogen-bond acceptors (Lipinski definition) is 0. The fourth-order valence-electron chi connectivity index (χ4n) is 11.5. The predicted molar refractivity (Wildman–Crippen MR) is 295 cm³/mol. The SMILES string of the molecule is CCCCCCc1ccc(-n2c3ccc(C(C)(C)C)cc3c3cc(C(C)(CC)C[C@](C)(CC)c4ccc5c(c4)c4cc(C(C)(C)CCC)ccc4n5-c4ccc(C(C)CC)cc4)ccc32)cc1. The van der Waals surface area contributed by atoms with Crippen LogP contribution in [-0.4, -0.2) is 9.13 Å². The van der Waals surface area contributed by atoms with Crippen molar-refractivity contribution in [2.45, 2.75) is 188 Å². The first-order chi connectivity index (χ1) is 32.0. The minimum Gasteiger partial charge on any atom is -0.309 e. The summed E-state index contributed by atoms with van der Waals surface area (Å²) in [7, 11) is 0. The Morgan fingerprint density at radius 2 is 0.881 bits per heavy atom. The van der Waals surface area contributed by atoms with E-state index in [4.69, 9.17) is 0 Å². The second-order valence-corrected chi connectivity index (χ2v) is 22.9. The molecule has 6 aromatic carbocycles. The number of nitrogens with zero attached hydrogens (tertiary/aromatic N) is 2. The van der Waals surface area contributed by atoms with Gasteiger partial charge in [0.1, 0.15) is 0 Å². The normalized spacial score (nSPS) is 14.9. The van der Waals surface area contributed by atoms with Crippen LogP contribution in [0.25, 0.3) is 55.0 Å². The van der Waals surface area contributed by atoms with Gasteiger partial charge in [-0.2, -0.15) is 0 Å². The predicted octanol–water partition coefficient (Wildman–Crippen LogP) is 19.3. The quantitative estimate of drug-likeness (QED) is 0.0760. The van der Waals surface area contributed by atoms with Crippen LogP contribution >= 0.6 is 0 Å². The molecule has 3 atom stereocenters. The number of unbranched alkanes of at least 4 members (excludes halogenated alkanes) is 3. The van der Waals surface area contributed by atoms with Gasteiger partial charge in [-0.15, -0.1) is 0 Å². The molecule has 2 unspecified atom stereocenters. The lowest BCUT2D eigenvalue weighted by Gasteiger charge is -2.40. The number of hydrogen-bond donors (Lipinski definition) is 0. The Hall–Kier alpha value is -5.08. The van der Waals surface area contributed by atoms with Crippen LogP contribution in [0.2, 0.25) is 0 Å². The van der Waals surface area contributed by atoms with Crippen LogP contribution < -0.4 is 0 Å². The van der Waals surface area contributed by atoms with Crippen LogP contribution in [0.1, 0.15) is 194 Å². The van der Waals surface area contributed by atoms with Crippen molar-refractivity contribution in [3.63, 3.8) is 0 Å². The summed E-state index contributed by atoms with van der Waals surface area (Å²) in [6, 6.07) is 48.3. The number of benzene rings is 6. The number of fused-ring (bicyclic) bond motifs is 6. The van der Waals surface area contributed by atoms with Gasteiger partial charge in [-0.25, -0.2) is 0 Å². The first-order valence-electron chi connectivity index (χ1n) is 26.4. The van der Waals surface area contributed by atoms with Crippen molar-refractivity contribution in [2.24, 2.45) is 0 Å². The molecule has 0 aliphatic rings. The molecule has 67 heavy (non-hydrogen) atoms. The molecule has 0 N–H and O–H groups in total. The minimum atomic E-state index is -0.0505. The summed E-state index contributed by atoms with van der Waals surface area (Å²) in [5, 5.41) is 5.43. The van der Waals surface area contributed by atoms with Gasteiger partial charge in [0.05, 0.1) is 22.1 Å². The summed E-state index contributed by atoms with van der Waals surface area (Å²) in [4.78, 5) is 0. The first-order valence-corrected chi connectivity index (χ1v) is 26.4. The third kappa shape index (κ3) is 9.29. The van der Waals surface area contributed by atoms with E-state index in [0.717, 1.165) is 32.1 Å². The average Bonchev–Trinajstić information content (AvgIpc) is 3.84. The Labute approximate surface area is 405 Å². The molecular weight excluding hydrogens is 809 g/mol. The molecule has 0 saturated heterocycles. The van der Waals surface area contributed by atoms with Crippen molar-refractivity contribution in [1.29, 1.82) is 0 Å². The van der Waals surface area contributed by atoms with E-state index in [1.165, 1.54) is 127 Å². The third-order valence-electron chi connectivity index (χ3n) is 16.6. The van der Waals surface area contributed by atoms with E-state index in [2.05, 4.69) is 220 Å². The van der Waals surface area contributed by atoms with Crippen molar-refractivity contribution in [3.8, 4) is 11.4 Å². The highest BCUT2D eigenvalue weighted by Crippen LogP contribution is 2.47. The molecule has 2 aromatic heterocycles. The average molecular weight is 891 g/mol. The van der Waals surface area contributed by atoms with Crippen LogP contribution in [0.3, 0.4) is 0 Å². The Morgan fingerprint density at radius 3 is 1.31 bits per heavy atom. The smallest absolute Gasteiger partial charge is 0.0541 e. The molecule has 0 saturated carbocycles. The molecule has 0 bridgehead atoms. The Morgan fingerprint density at radius 1 is 0.448 bits per heavy atom. The molecule has 0 aliphatic heterocycles. The lowest BCUT2D eigenvalue weighted by Crippen LogP contribution is -2.33. The highest BCUT2D eigenvalue weighted by Gasteiger charge is 2.37. The largest absolute Gasteiger partial charge is 0.309 e. The zero-order chi connectivity index (χ0) is 47.9. The van der Waals surface area contributed by atoms with E-state index in [-0.39, 0.29) is 21.7 Å². The maximum Gasteiger partial charge on any atom is 0.0541 e. The summed E-state index contributed by atoms with van der Waals surface area (Å²) in [5.74, 6) is 0.551. The summed E-state index contributed by atoms with van der Waals surface area (Å²) in [6.45, 7) is 31.0. The number of aromatic nitrogens is 2. The van der Waals surface area contributed by atoms with Gasteiger partial charge in [0, 0.05) is 32.9 Å². The zero-order valence-corrected chi connectivity index (χ0v) is 43.8. The van der Waals surface area contributed by atoms with Crippen LogP contribution in [0.5, 0.6) is 0 Å². The van der Waals surface area contributed by atoms with E-state index in [1.54, 1.807) is 0 Å². The van der Waals surface area contributed by atoms with Crippen molar-refractivity contribution in [1.82, 2.24) is 9.13 Å². The van der Waals surface area contributed by atoms with Crippen LogP contribution in [0.15, 0.2) is 121 Å². The summed E-state index contributed by atoms with van der Waals surface area (Å²) < 4.78 is 5.03. The number of rotatable bonds is 18. The molecule has 8 rings (SSSR count). The van der Waals surface area contributed by atoms with Gasteiger partial charge in [0.15, 0.2) is 0 Å². The van der Waals surface area contributed by atoms with Crippen LogP contribution in [0.4, 0.5) is 0 Å². The second kappa shape index (κ2) is 19.1. The van der Waals surface area contributed by atoms with E-state index in [1.807, 2.05) is 0 Å². The van der Waals surface area contributed by atoms with E-state index in [9.17, 15) is 0 Å². The van der Waals surface area contributed by atoms with Gasteiger partial charge in [0.25, 0.3) is 0 Å². The van der Waals surface area contributed by atoms with Gasteiger partial charge in [-0.1, -0.05) is 164 Å². The highest BCUT2D eigenvalue weighted by atomic mass is 15.0. The molecule has 0 radical (unpaired) electrons. The highest BCUT2D eigenvalue weighted by molar-refractivity contribution is 6.11. The lowest BCUT2D eigenvalue weighted by atomic mass is 9.64. The van der Waals surface area contributed by atoms with Crippen LogP contribution in [0, 0.1) is 0 Å². The Bertz CT molecular complexity index is 2980. The van der Waals surface area contributed by atoms with Gasteiger partial charge in [0.2, 0.25) is 0 Å². The minimum absolute atomic E-state index is 0.0495. The van der Waals surface area contributed by atoms with Gasteiger partial charge >= 0.3 is 0 Å². The topological polar surface area (TPSA) is 9.86 Å². The van der Waals surface area contributed by atoms with Crippen molar-refractivity contribution in [3.05, 3.63) is 155 Å². The Kier molecular flexibility index (Phi) is 13.8. The molecule has 2 heterocycles. The summed E-state index contributed by atoms with van der Waals surface area (Å²) in [6.07, 6.45) is 13.0. The molecule has 8 aromatic rings. The molecule has 0 aliphatic carbocycles. The van der Waals surface area contributed by atoms with Gasteiger partial charge < -0.3 is 9.13 Å². The van der Waals surface area contributed by atoms with E-state index < -0.39 is 0 Å². The molecule has 0 spiro atoms. The maximum absolute atomic E-state index is 2.58. The maximum atomic E-state index is 2.58. The molecule has 352 valence electrons. The lowest BCUT2D eigenvalue weighted by molar-refractivity contribution is 0.291. The standard InChI is InChI=1S/C65H82N2/c1-14-19-20-21-22-46-23-31-52(32-24-46)66-58-35-27-48(62(7,8)9)40-54(58)56-42-50(29-37-60(56)66)64(12,17-4)44-65(13,18-5)51-30-38-61-57(43-51)55-41-49(63(10,11)39-15-2)28-36-59(55)67(61)53-33-25-47(26-34-53)45(6)16-3/h23-38,40-43,45H,14-22,39,44H2,1-13H3/t45?,64?,65-/m0/s1. The third-order valence-corrected chi connectivity index (χ3v) is 16.6. The monoisotopic (exact) mass is 891 g/mol. The van der Waals surface area contributed by atoms with Crippen molar-refractivity contribution >= 4 is 43.6 Å². The van der Waals surface area contributed by atoms with Crippen molar-refractivity contribution < 1.29 is 0 Å². The fraction of sp³-hybridized carbons (Fsp3) is 0.446. The summed E-state index contributed by atoms with van der Waals surface area (Å²) >= 11 is 0. The number of aryl methyl sites for hydroxylation is 1. The zero-order valence-electron chi connectivity index (χ0n) is 43.8. The van der Waals surface area contributed by atoms with Crippen LogP contribution in [-0.2, 0) is 28.1 Å². The second-order valence-electron chi connectivity index (χ2n) is 22.9. The molecule has 0 fully saturated rings. The van der Waals surface area contributed by atoms with E-state index >= 15 is 0 Å². The Balaban J connectivity index is 1.22. The van der Waals surface area contributed by atoms with Gasteiger partial charge in [-0.05, 0) is 179 Å². The van der Waals surface area contributed by atoms with Crippen molar-refractivity contribution in [2.75, 3.05) is 0 Å². The molecular formula is C65H82N2. The van der Waals surface area contributed by atoms with E-state index in [0.29, 0.717) is 5.92 Å². The molecule has 0 amide bonds. The summed E-state index contributed by atoms with van der Waals surface area (Å²) in [5.41, 5.74) is 16.2.